The summed E-state index contributed by atoms with van der Waals surface area (Å²) in [7, 11) is 0. The second-order valence-corrected chi connectivity index (χ2v) is 9.02. The lowest BCUT2D eigenvalue weighted by atomic mass is 9.90. The van der Waals surface area contributed by atoms with Gasteiger partial charge in [0.15, 0.2) is 0 Å². The van der Waals surface area contributed by atoms with Crippen LogP contribution < -0.4 is 5.73 Å². The third kappa shape index (κ3) is 5.57. The molecule has 0 saturated carbocycles. The number of alkyl halides is 3. The van der Waals surface area contributed by atoms with Crippen molar-refractivity contribution in [2.24, 2.45) is 11.7 Å². The summed E-state index contributed by atoms with van der Waals surface area (Å²) < 4.78 is 39.5. The summed E-state index contributed by atoms with van der Waals surface area (Å²) in [6.45, 7) is 4.42. The molecule has 0 amide bonds. The number of allylic oxidation sites excluding steroid dienone is 2. The van der Waals surface area contributed by atoms with Gasteiger partial charge in [0.05, 0.1) is 11.4 Å². The Labute approximate surface area is 190 Å². The number of fused-ring (bicyclic) bond motifs is 1. The summed E-state index contributed by atoms with van der Waals surface area (Å²) in [6, 6.07) is 11.8. The molecule has 1 unspecified atom stereocenters. The number of rotatable bonds is 9. The fourth-order valence-electron chi connectivity index (χ4n) is 3.80. The van der Waals surface area contributed by atoms with E-state index in [1.54, 1.807) is 23.6 Å². The van der Waals surface area contributed by atoms with Crippen LogP contribution in [0.3, 0.4) is 0 Å². The lowest BCUT2D eigenvalue weighted by Gasteiger charge is -2.16. The van der Waals surface area contributed by atoms with Gasteiger partial charge >= 0.3 is 6.18 Å². The molecule has 0 aliphatic rings. The molecule has 1 aromatic carbocycles. The number of hydrogen-bond acceptors (Lipinski definition) is 4. The molecular weight excluding hydrogens is 431 g/mol. The fraction of sp³-hybridized carbons (Fsp3) is 0.360. The number of nitrogens with two attached hydrogens (primary N) is 1. The molecule has 1 atom stereocenters. The molecule has 2 aromatic heterocycles. The summed E-state index contributed by atoms with van der Waals surface area (Å²) in [5.74, 6) is 0.570. The number of aromatic nitrogens is 1. The van der Waals surface area contributed by atoms with Gasteiger partial charge < -0.3 is 5.73 Å². The highest BCUT2D eigenvalue weighted by atomic mass is 32.1. The molecule has 32 heavy (non-hydrogen) atoms. The average Bonchev–Trinajstić information content (AvgIpc) is 3.14. The summed E-state index contributed by atoms with van der Waals surface area (Å²) in [5.41, 5.74) is 5.71. The second kappa shape index (κ2) is 10.3. The van der Waals surface area contributed by atoms with Crippen molar-refractivity contribution in [3.8, 4) is 10.4 Å². The summed E-state index contributed by atoms with van der Waals surface area (Å²) in [6.07, 6.45) is 3.07. The molecule has 170 valence electrons. The normalized spacial score (nSPS) is 13.5. The number of thiophene rings is 1. The van der Waals surface area contributed by atoms with Crippen molar-refractivity contribution in [3.63, 3.8) is 0 Å². The minimum absolute atomic E-state index is 0.163. The van der Waals surface area contributed by atoms with E-state index in [0.717, 1.165) is 29.7 Å². The van der Waals surface area contributed by atoms with E-state index in [9.17, 15) is 13.2 Å². The van der Waals surface area contributed by atoms with Crippen LogP contribution in [0.15, 0.2) is 54.4 Å². The Morgan fingerprint density at radius 1 is 1.22 bits per heavy atom. The number of unbranched alkanes of at least 4 members (excludes halogenated alkanes) is 1. The molecule has 0 fully saturated rings. The molecule has 2 heterocycles. The zero-order valence-electron chi connectivity index (χ0n) is 18.3. The van der Waals surface area contributed by atoms with Gasteiger partial charge in [-0.3, -0.25) is 10.4 Å². The zero-order valence-corrected chi connectivity index (χ0v) is 19.1. The van der Waals surface area contributed by atoms with E-state index in [1.807, 2.05) is 18.2 Å². The van der Waals surface area contributed by atoms with E-state index < -0.39 is 11.9 Å². The van der Waals surface area contributed by atoms with E-state index >= 15 is 0 Å². The Bertz CT molecular complexity index is 1120. The first-order valence-corrected chi connectivity index (χ1v) is 11.7. The first-order valence-electron chi connectivity index (χ1n) is 10.8. The maximum atomic E-state index is 12.8. The van der Waals surface area contributed by atoms with Crippen LogP contribution >= 0.6 is 11.3 Å². The van der Waals surface area contributed by atoms with Gasteiger partial charge in [0.25, 0.3) is 0 Å². The Kier molecular flexibility index (Phi) is 7.72. The van der Waals surface area contributed by atoms with E-state index in [-0.39, 0.29) is 11.4 Å². The molecule has 0 radical (unpaired) electrons. The second-order valence-electron chi connectivity index (χ2n) is 7.97. The van der Waals surface area contributed by atoms with Crippen LogP contribution in [0.5, 0.6) is 0 Å². The molecule has 3 N–H and O–H groups in total. The largest absolute Gasteiger partial charge is 0.430 e. The Morgan fingerprint density at radius 3 is 2.66 bits per heavy atom. The lowest BCUT2D eigenvalue weighted by molar-refractivity contribution is -0.0925. The molecule has 7 heteroatoms. The fourth-order valence-corrected chi connectivity index (χ4v) is 5.03. The van der Waals surface area contributed by atoms with Crippen LogP contribution in [-0.4, -0.2) is 16.9 Å². The molecule has 0 saturated heterocycles. The van der Waals surface area contributed by atoms with Gasteiger partial charge in [-0.25, -0.2) is 0 Å². The van der Waals surface area contributed by atoms with E-state index in [0.29, 0.717) is 12.0 Å². The Morgan fingerprint density at radius 2 is 1.97 bits per heavy atom. The number of halogens is 3. The SMILES string of the molecule is CCCCC(CC)Cc1c(-c2ccnc(C(=N)C=C(N)C(F)(F)F)c2)sc2ccccc12. The van der Waals surface area contributed by atoms with Gasteiger partial charge in [-0.1, -0.05) is 57.7 Å². The van der Waals surface area contributed by atoms with Crippen molar-refractivity contribution in [1.82, 2.24) is 4.98 Å². The van der Waals surface area contributed by atoms with Crippen LogP contribution in [0.25, 0.3) is 20.5 Å². The number of nitrogens with zero attached hydrogens (tertiary/aromatic N) is 1. The molecule has 0 aliphatic carbocycles. The van der Waals surface area contributed by atoms with Crippen LogP contribution in [0.1, 0.15) is 50.8 Å². The quantitative estimate of drug-likeness (QED) is 0.326. The van der Waals surface area contributed by atoms with Crippen molar-refractivity contribution < 1.29 is 13.2 Å². The van der Waals surface area contributed by atoms with Crippen molar-refractivity contribution in [3.05, 3.63) is 65.6 Å². The number of pyridine rings is 1. The molecular formula is C25H28F3N3S. The zero-order chi connectivity index (χ0) is 23.3. The lowest BCUT2D eigenvalue weighted by Crippen LogP contribution is -2.20. The Balaban J connectivity index is 2.03. The summed E-state index contributed by atoms with van der Waals surface area (Å²) in [4.78, 5) is 5.20. The third-order valence-corrected chi connectivity index (χ3v) is 6.92. The average molecular weight is 460 g/mol. The first kappa shape index (κ1) is 24.0. The van der Waals surface area contributed by atoms with Gasteiger partial charge in [0.2, 0.25) is 0 Å². The van der Waals surface area contributed by atoms with Crippen molar-refractivity contribution in [2.75, 3.05) is 0 Å². The highest BCUT2D eigenvalue weighted by Gasteiger charge is 2.31. The molecule has 0 spiro atoms. The van der Waals surface area contributed by atoms with Crippen molar-refractivity contribution >= 4 is 27.1 Å². The standard InChI is InChI=1S/C25H28F3N3S/c1-3-5-8-16(4-2)13-19-18-9-6-7-10-22(18)32-24(19)17-11-12-31-21(14-17)20(29)15-23(30)25(26,27)28/h6-7,9-12,14-16,29H,3-5,8,13,30H2,1-2H3. The molecule has 3 aromatic rings. The number of nitrogens with one attached hydrogen (secondary N) is 1. The molecule has 0 bridgehead atoms. The predicted octanol–water partition coefficient (Wildman–Crippen LogP) is 7.49. The van der Waals surface area contributed by atoms with E-state index in [2.05, 4.69) is 31.0 Å². The molecule has 0 aliphatic heterocycles. The maximum absolute atomic E-state index is 12.8. The van der Waals surface area contributed by atoms with E-state index in [4.69, 9.17) is 11.1 Å². The highest BCUT2D eigenvalue weighted by Crippen LogP contribution is 2.40. The van der Waals surface area contributed by atoms with Gasteiger partial charge in [-0.05, 0) is 53.1 Å². The van der Waals surface area contributed by atoms with Gasteiger partial charge in [0.1, 0.15) is 5.70 Å². The Hall–Kier alpha value is -2.67. The number of benzene rings is 1. The smallest absolute Gasteiger partial charge is 0.395 e. The first-order chi connectivity index (χ1) is 15.2. The molecule has 3 nitrogen and oxygen atoms in total. The summed E-state index contributed by atoms with van der Waals surface area (Å²) in [5, 5.41) is 9.28. The highest BCUT2D eigenvalue weighted by molar-refractivity contribution is 7.22. The van der Waals surface area contributed by atoms with Crippen molar-refractivity contribution in [1.29, 1.82) is 5.41 Å². The summed E-state index contributed by atoms with van der Waals surface area (Å²) >= 11 is 1.67. The van der Waals surface area contributed by atoms with E-state index in [1.165, 1.54) is 28.5 Å². The van der Waals surface area contributed by atoms with Gasteiger partial charge in [-0.2, -0.15) is 13.2 Å². The minimum atomic E-state index is -4.67. The number of hydrogen-bond donors (Lipinski definition) is 2. The van der Waals surface area contributed by atoms with Crippen LogP contribution in [0.2, 0.25) is 0 Å². The van der Waals surface area contributed by atoms with Gasteiger partial charge in [0, 0.05) is 15.8 Å². The predicted molar refractivity (Wildman–Crippen MR) is 127 cm³/mol. The van der Waals surface area contributed by atoms with Crippen LogP contribution in [-0.2, 0) is 6.42 Å². The third-order valence-electron chi connectivity index (χ3n) is 5.66. The van der Waals surface area contributed by atoms with Gasteiger partial charge in [-0.15, -0.1) is 11.3 Å². The monoisotopic (exact) mass is 459 g/mol. The topological polar surface area (TPSA) is 62.8 Å². The maximum Gasteiger partial charge on any atom is 0.430 e. The minimum Gasteiger partial charge on any atom is -0.395 e. The van der Waals surface area contributed by atoms with Crippen LogP contribution in [0, 0.1) is 11.3 Å². The molecule has 3 rings (SSSR count). The van der Waals surface area contributed by atoms with Crippen molar-refractivity contribution in [2.45, 2.75) is 52.1 Å². The van der Waals surface area contributed by atoms with Crippen LogP contribution in [0.4, 0.5) is 13.2 Å².